The van der Waals surface area contributed by atoms with Gasteiger partial charge in [0, 0.05) is 5.02 Å². The molecule has 0 aliphatic carbocycles. The number of carbonyl (C=O) groups excluding carboxylic acids is 1. The smallest absolute Gasteiger partial charge is 0.265 e. The number of hydrogen-bond donors (Lipinski definition) is 1. The van der Waals surface area contributed by atoms with Gasteiger partial charge in [-0.25, -0.2) is 0 Å². The number of ether oxygens (including phenoxy) is 1. The third-order valence-electron chi connectivity index (χ3n) is 2.63. The molecule has 0 aliphatic heterocycles. The Balaban J connectivity index is 2.32. The van der Waals surface area contributed by atoms with Gasteiger partial charge in [-0.3, -0.25) is 4.79 Å². The topological polar surface area (TPSA) is 38.3 Å². The minimum absolute atomic E-state index is 0.191. The molecule has 1 heterocycles. The first kappa shape index (κ1) is 16.8. The molecule has 0 unspecified atom stereocenters. The van der Waals surface area contributed by atoms with Gasteiger partial charge in [0.15, 0.2) is 5.75 Å². The van der Waals surface area contributed by atoms with Crippen LogP contribution in [0.2, 0.25) is 5.02 Å². The summed E-state index contributed by atoms with van der Waals surface area (Å²) < 4.78 is 7.22. The Hall–Kier alpha value is -0.560. The fraction of sp³-hybridized carbons (Fsp3) is 0.214. The van der Waals surface area contributed by atoms with Gasteiger partial charge < -0.3 is 10.1 Å². The number of aryl methyl sites for hydroxylation is 1. The molecular formula is C14H12Br2ClNO2S. The molecule has 7 heteroatoms. The Morgan fingerprint density at radius 2 is 2.10 bits per heavy atom. The number of hydrogen-bond acceptors (Lipinski definition) is 3. The van der Waals surface area contributed by atoms with E-state index in [-0.39, 0.29) is 5.91 Å². The summed E-state index contributed by atoms with van der Waals surface area (Å²) in [6.07, 6.45) is 0. The van der Waals surface area contributed by atoms with E-state index in [0.29, 0.717) is 32.4 Å². The van der Waals surface area contributed by atoms with E-state index < -0.39 is 0 Å². The number of carbonyl (C=O) groups is 1. The van der Waals surface area contributed by atoms with Crippen molar-refractivity contribution in [2.45, 2.75) is 13.8 Å². The first-order valence-electron chi connectivity index (χ1n) is 6.11. The summed E-state index contributed by atoms with van der Waals surface area (Å²) in [6, 6.07) is 5.24. The lowest BCUT2D eigenvalue weighted by molar-refractivity contribution is 0.103. The van der Waals surface area contributed by atoms with Gasteiger partial charge >= 0.3 is 0 Å². The second-order valence-electron chi connectivity index (χ2n) is 4.22. The molecule has 0 saturated heterocycles. The van der Waals surface area contributed by atoms with Crippen LogP contribution in [-0.2, 0) is 0 Å². The van der Waals surface area contributed by atoms with Crippen molar-refractivity contribution in [1.82, 2.24) is 0 Å². The number of nitrogens with one attached hydrogen (secondary N) is 1. The molecule has 2 rings (SSSR count). The summed E-state index contributed by atoms with van der Waals surface area (Å²) in [5, 5.41) is 3.36. The zero-order valence-corrected chi connectivity index (χ0v) is 16.0. The van der Waals surface area contributed by atoms with Gasteiger partial charge in [0.25, 0.3) is 5.91 Å². The van der Waals surface area contributed by atoms with Crippen molar-refractivity contribution < 1.29 is 9.53 Å². The molecule has 0 atom stereocenters. The molecule has 3 nitrogen and oxygen atoms in total. The number of halogens is 3. The Morgan fingerprint density at radius 3 is 2.67 bits per heavy atom. The third kappa shape index (κ3) is 4.00. The van der Waals surface area contributed by atoms with E-state index in [9.17, 15) is 4.79 Å². The zero-order valence-electron chi connectivity index (χ0n) is 11.3. The van der Waals surface area contributed by atoms with E-state index >= 15 is 0 Å². The van der Waals surface area contributed by atoms with Crippen molar-refractivity contribution in [3.05, 3.63) is 41.9 Å². The minimum Gasteiger partial charge on any atom is -0.491 e. The maximum atomic E-state index is 12.3. The van der Waals surface area contributed by atoms with Gasteiger partial charge in [0.05, 0.1) is 25.4 Å². The van der Waals surface area contributed by atoms with Crippen molar-refractivity contribution in [2.75, 3.05) is 11.9 Å². The van der Waals surface area contributed by atoms with E-state index in [1.807, 2.05) is 19.9 Å². The quantitative estimate of drug-likeness (QED) is 0.627. The van der Waals surface area contributed by atoms with Crippen molar-refractivity contribution in [3.63, 3.8) is 0 Å². The molecule has 1 aromatic carbocycles. The second-order valence-corrected chi connectivity index (χ2v) is 7.88. The van der Waals surface area contributed by atoms with Crippen LogP contribution in [0.5, 0.6) is 5.75 Å². The van der Waals surface area contributed by atoms with Crippen LogP contribution in [0.4, 0.5) is 5.69 Å². The van der Waals surface area contributed by atoms with Crippen LogP contribution in [0, 0.1) is 6.92 Å². The second kappa shape index (κ2) is 7.13. The van der Waals surface area contributed by atoms with Gasteiger partial charge in [0.2, 0.25) is 0 Å². The Bertz CT molecular complexity index is 668. The SMILES string of the molecule is CCOc1c(Br)cc(Cl)cc1NC(=O)c1cc(C)c(Br)s1. The highest BCUT2D eigenvalue weighted by atomic mass is 79.9. The summed E-state index contributed by atoms with van der Waals surface area (Å²) in [6.45, 7) is 4.32. The fourth-order valence-corrected chi connectivity index (χ4v) is 4.05. The molecule has 0 aliphatic rings. The normalized spacial score (nSPS) is 10.5. The Morgan fingerprint density at radius 1 is 1.38 bits per heavy atom. The summed E-state index contributed by atoms with van der Waals surface area (Å²) in [5.74, 6) is 0.381. The number of rotatable bonds is 4. The molecule has 2 aromatic rings. The minimum atomic E-state index is -0.191. The lowest BCUT2D eigenvalue weighted by atomic mass is 10.2. The van der Waals surface area contributed by atoms with Crippen LogP contribution in [0.15, 0.2) is 26.5 Å². The highest BCUT2D eigenvalue weighted by Gasteiger charge is 2.16. The van der Waals surface area contributed by atoms with E-state index in [1.54, 1.807) is 12.1 Å². The average molecular weight is 454 g/mol. The van der Waals surface area contributed by atoms with Crippen molar-refractivity contribution in [1.29, 1.82) is 0 Å². The van der Waals surface area contributed by atoms with Crippen LogP contribution in [0.25, 0.3) is 0 Å². The maximum absolute atomic E-state index is 12.3. The third-order valence-corrected chi connectivity index (χ3v) is 5.57. The number of anilines is 1. The number of benzene rings is 1. The van der Waals surface area contributed by atoms with E-state index in [0.717, 1.165) is 9.35 Å². The zero-order chi connectivity index (χ0) is 15.6. The number of thiophene rings is 1. The summed E-state index contributed by atoms with van der Waals surface area (Å²) in [4.78, 5) is 12.9. The highest BCUT2D eigenvalue weighted by Crippen LogP contribution is 2.37. The summed E-state index contributed by atoms with van der Waals surface area (Å²) in [5.41, 5.74) is 1.57. The number of amides is 1. The molecule has 21 heavy (non-hydrogen) atoms. The maximum Gasteiger partial charge on any atom is 0.265 e. The molecule has 0 spiro atoms. The predicted molar refractivity (Wildman–Crippen MR) is 95.0 cm³/mol. The van der Waals surface area contributed by atoms with Gasteiger partial charge in [-0.15, -0.1) is 11.3 Å². The van der Waals surface area contributed by atoms with E-state index in [2.05, 4.69) is 37.2 Å². The molecule has 0 saturated carbocycles. The Labute approximate surface area is 148 Å². The van der Waals surface area contributed by atoms with Crippen molar-refractivity contribution in [3.8, 4) is 5.75 Å². The lowest BCUT2D eigenvalue weighted by Crippen LogP contribution is -2.11. The molecule has 1 aromatic heterocycles. The van der Waals surface area contributed by atoms with Crippen LogP contribution in [0.3, 0.4) is 0 Å². The van der Waals surface area contributed by atoms with E-state index in [1.165, 1.54) is 11.3 Å². The monoisotopic (exact) mass is 451 g/mol. The van der Waals surface area contributed by atoms with Crippen LogP contribution in [0.1, 0.15) is 22.2 Å². The fourth-order valence-electron chi connectivity index (χ4n) is 1.70. The van der Waals surface area contributed by atoms with Gasteiger partial charge in [0.1, 0.15) is 0 Å². The standard InChI is InChI=1S/C14H12Br2ClNO2S/c1-3-20-12-9(15)5-8(17)6-10(12)18-14(19)11-4-7(2)13(16)21-11/h4-6H,3H2,1-2H3,(H,18,19). The molecule has 0 bridgehead atoms. The molecule has 0 radical (unpaired) electrons. The first-order valence-corrected chi connectivity index (χ1v) is 8.89. The highest BCUT2D eigenvalue weighted by molar-refractivity contribution is 9.11. The Kier molecular flexibility index (Phi) is 5.71. The van der Waals surface area contributed by atoms with Crippen LogP contribution >= 0.6 is 54.8 Å². The molecular weight excluding hydrogens is 441 g/mol. The first-order chi connectivity index (χ1) is 9.92. The summed E-state index contributed by atoms with van der Waals surface area (Å²) in [7, 11) is 0. The van der Waals surface area contributed by atoms with Gasteiger partial charge in [-0.05, 0) is 69.5 Å². The lowest BCUT2D eigenvalue weighted by Gasteiger charge is -2.13. The summed E-state index contributed by atoms with van der Waals surface area (Å²) >= 11 is 14.2. The van der Waals surface area contributed by atoms with Crippen molar-refractivity contribution in [2.24, 2.45) is 0 Å². The molecule has 1 N–H and O–H groups in total. The molecule has 112 valence electrons. The largest absolute Gasteiger partial charge is 0.491 e. The van der Waals surface area contributed by atoms with Crippen LogP contribution in [-0.4, -0.2) is 12.5 Å². The van der Waals surface area contributed by atoms with E-state index in [4.69, 9.17) is 16.3 Å². The van der Waals surface area contributed by atoms with Crippen LogP contribution < -0.4 is 10.1 Å². The predicted octanol–water partition coefficient (Wildman–Crippen LogP) is 5.89. The molecule has 1 amide bonds. The van der Waals surface area contributed by atoms with Gasteiger partial charge in [-0.2, -0.15) is 0 Å². The van der Waals surface area contributed by atoms with Gasteiger partial charge in [-0.1, -0.05) is 11.6 Å². The molecule has 0 fully saturated rings. The average Bonchev–Trinajstić information content (AvgIpc) is 2.74. The van der Waals surface area contributed by atoms with Crippen molar-refractivity contribution >= 4 is 66.4 Å².